The molecule has 0 aliphatic carbocycles. The molecular weight excluding hydrogens is 406 g/mol. The number of carboxylic acids is 1. The average molecular weight is 440 g/mol. The van der Waals surface area contributed by atoms with Crippen LogP contribution in [0.5, 0.6) is 0 Å². The summed E-state index contributed by atoms with van der Waals surface area (Å²) in [6.07, 6.45) is 12.3. The van der Waals surface area contributed by atoms with Crippen molar-refractivity contribution in [2.75, 3.05) is 6.54 Å². The molecule has 1 aliphatic rings. The molecule has 0 bridgehead atoms. The molecule has 2 heterocycles. The Kier molecular flexibility index (Phi) is 8.89. The summed E-state index contributed by atoms with van der Waals surface area (Å²) in [4.78, 5) is 26.8. The van der Waals surface area contributed by atoms with Gasteiger partial charge in [-0.3, -0.25) is 4.79 Å². The second-order valence-corrected chi connectivity index (χ2v) is 9.68. The maximum absolute atomic E-state index is 12.3. The molecule has 1 amide bonds. The van der Waals surface area contributed by atoms with Crippen LogP contribution in [0.2, 0.25) is 0 Å². The minimum absolute atomic E-state index is 0.210. The van der Waals surface area contributed by atoms with Gasteiger partial charge in [0.05, 0.1) is 6.04 Å². The summed E-state index contributed by atoms with van der Waals surface area (Å²) >= 11 is 1.33. The van der Waals surface area contributed by atoms with Crippen molar-refractivity contribution in [2.24, 2.45) is 5.92 Å². The van der Waals surface area contributed by atoms with E-state index < -0.39 is 5.97 Å². The van der Waals surface area contributed by atoms with Crippen LogP contribution in [0.1, 0.15) is 65.6 Å². The van der Waals surface area contributed by atoms with E-state index in [1.807, 2.05) is 11.0 Å². The van der Waals surface area contributed by atoms with Crippen LogP contribution in [-0.2, 0) is 17.6 Å². The number of amides is 1. The Morgan fingerprint density at radius 1 is 1.19 bits per heavy atom. The molecule has 0 radical (unpaired) electrons. The zero-order chi connectivity index (χ0) is 22.1. The summed E-state index contributed by atoms with van der Waals surface area (Å²) < 4.78 is 0. The van der Waals surface area contributed by atoms with Gasteiger partial charge in [-0.05, 0) is 62.1 Å². The summed E-state index contributed by atoms with van der Waals surface area (Å²) in [5.41, 5.74) is 1.41. The first-order chi connectivity index (χ1) is 15.0. The van der Waals surface area contributed by atoms with Gasteiger partial charge in [-0.2, -0.15) is 0 Å². The number of rotatable bonds is 12. The number of allylic oxidation sites excluding steroid dienone is 1. The summed E-state index contributed by atoms with van der Waals surface area (Å²) in [6, 6.07) is 14.4. The molecule has 3 rings (SSSR count). The van der Waals surface area contributed by atoms with Crippen LogP contribution in [0.25, 0.3) is 0 Å². The minimum Gasteiger partial charge on any atom is -0.477 e. The van der Waals surface area contributed by atoms with Gasteiger partial charge >= 0.3 is 5.97 Å². The van der Waals surface area contributed by atoms with Gasteiger partial charge in [-0.15, -0.1) is 11.3 Å². The zero-order valence-corrected chi connectivity index (χ0v) is 19.2. The number of benzene rings is 1. The Hall–Kier alpha value is -2.40. The Balaban J connectivity index is 1.38. The van der Waals surface area contributed by atoms with Gasteiger partial charge in [0.15, 0.2) is 0 Å². The largest absolute Gasteiger partial charge is 0.477 e. The van der Waals surface area contributed by atoms with E-state index in [2.05, 4.69) is 49.4 Å². The second-order valence-electron chi connectivity index (χ2n) is 8.51. The smallest absolute Gasteiger partial charge is 0.345 e. The highest BCUT2D eigenvalue weighted by Gasteiger charge is 2.28. The van der Waals surface area contributed by atoms with Gasteiger partial charge in [0.2, 0.25) is 5.91 Å². The first-order valence-corrected chi connectivity index (χ1v) is 12.2. The van der Waals surface area contributed by atoms with E-state index in [9.17, 15) is 9.59 Å². The fourth-order valence-corrected chi connectivity index (χ4v) is 5.07. The van der Waals surface area contributed by atoms with Crippen molar-refractivity contribution < 1.29 is 14.7 Å². The Morgan fingerprint density at radius 3 is 2.74 bits per heavy atom. The predicted molar refractivity (Wildman–Crippen MR) is 127 cm³/mol. The second kappa shape index (κ2) is 11.8. The van der Waals surface area contributed by atoms with Gasteiger partial charge in [-0.25, -0.2) is 4.79 Å². The number of aromatic carboxylic acids is 1. The highest BCUT2D eigenvalue weighted by atomic mass is 32.1. The van der Waals surface area contributed by atoms with Crippen LogP contribution in [0, 0.1) is 5.92 Å². The normalized spacial score (nSPS) is 17.5. The first kappa shape index (κ1) is 23.3. The highest BCUT2D eigenvalue weighted by Crippen LogP contribution is 2.23. The van der Waals surface area contributed by atoms with E-state index >= 15 is 0 Å². The van der Waals surface area contributed by atoms with Gasteiger partial charge < -0.3 is 10.0 Å². The monoisotopic (exact) mass is 439 g/mol. The molecule has 2 atom stereocenters. The Morgan fingerprint density at radius 2 is 2.00 bits per heavy atom. The van der Waals surface area contributed by atoms with E-state index in [4.69, 9.17) is 5.11 Å². The third-order valence-corrected chi connectivity index (χ3v) is 7.10. The summed E-state index contributed by atoms with van der Waals surface area (Å²) in [5, 5.41) is 9.04. The molecule has 2 unspecified atom stereocenters. The van der Waals surface area contributed by atoms with Crippen LogP contribution in [-0.4, -0.2) is 34.5 Å². The number of hydrogen-bond acceptors (Lipinski definition) is 3. The lowest BCUT2D eigenvalue weighted by Crippen LogP contribution is -2.32. The molecule has 0 saturated carbocycles. The molecular formula is C26H33NO3S. The molecule has 0 spiro atoms. The van der Waals surface area contributed by atoms with Gasteiger partial charge in [0.1, 0.15) is 4.88 Å². The van der Waals surface area contributed by atoms with Gasteiger partial charge in [0, 0.05) is 17.8 Å². The number of carboxylic acid groups (broad SMARTS) is 1. The van der Waals surface area contributed by atoms with Crippen molar-refractivity contribution in [1.29, 1.82) is 0 Å². The molecule has 1 aromatic carbocycles. The van der Waals surface area contributed by atoms with Crippen molar-refractivity contribution in [1.82, 2.24) is 4.90 Å². The number of carbonyl (C=O) groups excluding carboxylic acids is 1. The Bertz CT molecular complexity index is 874. The van der Waals surface area contributed by atoms with Crippen LogP contribution in [0.4, 0.5) is 0 Å². The van der Waals surface area contributed by atoms with Crippen LogP contribution >= 0.6 is 11.3 Å². The molecule has 166 valence electrons. The lowest BCUT2D eigenvalue weighted by molar-refractivity contribution is -0.128. The molecule has 5 heteroatoms. The van der Waals surface area contributed by atoms with Crippen molar-refractivity contribution in [3.63, 3.8) is 0 Å². The number of hydrogen-bond donors (Lipinski definition) is 1. The molecule has 2 aromatic rings. The molecule has 1 N–H and O–H groups in total. The van der Waals surface area contributed by atoms with Crippen molar-refractivity contribution >= 4 is 23.2 Å². The summed E-state index contributed by atoms with van der Waals surface area (Å²) in [5.74, 6) is 0.0150. The lowest BCUT2D eigenvalue weighted by atomic mass is 9.98. The highest BCUT2D eigenvalue weighted by molar-refractivity contribution is 7.13. The number of carbonyl (C=O) groups is 2. The third-order valence-electron chi connectivity index (χ3n) is 5.97. The van der Waals surface area contributed by atoms with Crippen molar-refractivity contribution in [3.8, 4) is 0 Å². The van der Waals surface area contributed by atoms with E-state index in [0.717, 1.165) is 43.5 Å². The van der Waals surface area contributed by atoms with E-state index in [0.29, 0.717) is 17.2 Å². The van der Waals surface area contributed by atoms with Crippen LogP contribution in [0.15, 0.2) is 54.6 Å². The topological polar surface area (TPSA) is 57.6 Å². The molecule has 1 fully saturated rings. The SMILES string of the molecule is CC(C/C=C/C1CCC(=O)N1CCCc1ccc(C(=O)O)s1)CCCc1ccccc1. The molecule has 1 aliphatic heterocycles. The molecule has 1 saturated heterocycles. The van der Waals surface area contributed by atoms with Crippen molar-refractivity contribution in [3.05, 3.63) is 69.9 Å². The fraction of sp³-hybridized carbons (Fsp3) is 0.462. The number of likely N-dealkylation sites (tertiary alicyclic amines) is 1. The minimum atomic E-state index is -0.870. The summed E-state index contributed by atoms with van der Waals surface area (Å²) in [6.45, 7) is 3.04. The molecule has 4 nitrogen and oxygen atoms in total. The first-order valence-electron chi connectivity index (χ1n) is 11.3. The van der Waals surface area contributed by atoms with Crippen LogP contribution < -0.4 is 0 Å². The third kappa shape index (κ3) is 7.35. The molecule has 31 heavy (non-hydrogen) atoms. The predicted octanol–water partition coefficient (Wildman–Crippen LogP) is 5.98. The van der Waals surface area contributed by atoms with Crippen molar-refractivity contribution in [2.45, 2.75) is 64.3 Å². The fourth-order valence-electron chi connectivity index (χ4n) is 4.18. The number of nitrogens with zero attached hydrogens (tertiary/aromatic N) is 1. The zero-order valence-electron chi connectivity index (χ0n) is 18.3. The maximum Gasteiger partial charge on any atom is 0.345 e. The van der Waals surface area contributed by atoms with Crippen LogP contribution in [0.3, 0.4) is 0 Å². The molecule has 1 aromatic heterocycles. The summed E-state index contributed by atoms with van der Waals surface area (Å²) in [7, 11) is 0. The van der Waals surface area contributed by atoms with Gasteiger partial charge in [0.25, 0.3) is 0 Å². The number of aryl methyl sites for hydroxylation is 2. The number of thiophene rings is 1. The quantitative estimate of drug-likeness (QED) is 0.414. The maximum atomic E-state index is 12.3. The standard InChI is InChI=1S/C26H33NO3S/c1-20(8-5-12-21-10-3-2-4-11-21)9-6-13-22-15-18-25(28)27(22)19-7-14-23-16-17-24(31-23)26(29)30/h2-4,6,10-11,13,16-17,20,22H,5,7-9,12,14-15,18-19H2,1H3,(H,29,30)/b13-6+. The van der Waals surface area contributed by atoms with Gasteiger partial charge in [-0.1, -0.05) is 55.8 Å². The average Bonchev–Trinajstić information content (AvgIpc) is 3.37. The van der Waals surface area contributed by atoms with E-state index in [-0.39, 0.29) is 11.9 Å². The Labute approximate surface area is 189 Å². The van der Waals surface area contributed by atoms with E-state index in [1.165, 1.54) is 29.7 Å². The lowest BCUT2D eigenvalue weighted by Gasteiger charge is -2.22. The van der Waals surface area contributed by atoms with E-state index in [1.54, 1.807) is 6.07 Å².